The van der Waals surface area contributed by atoms with Crippen molar-refractivity contribution >= 4 is 11.7 Å². The molecular formula is C25H27FN8O3. The number of aromatic nitrogens is 5. The summed E-state index contributed by atoms with van der Waals surface area (Å²) in [6, 6.07) is 7.19. The lowest BCUT2D eigenvalue weighted by atomic mass is 9.83. The number of phenols is 1. The Hall–Kier alpha value is -4.11. The van der Waals surface area contributed by atoms with E-state index in [-0.39, 0.29) is 54.5 Å². The number of Topliss-reactive ketones (excluding diaryl/α,β-unsaturated/α-hetero) is 1. The first-order valence-electron chi connectivity index (χ1n) is 12.1. The number of hydrogen-bond acceptors (Lipinski definition) is 8. The summed E-state index contributed by atoms with van der Waals surface area (Å²) in [5.74, 6) is -0.754. The number of amides is 1. The standard InChI is InChI=1S/C25H27FN8O3/c26-23-15-32(13-16-1-4-20(22(36)11-16)34-29-8-9-30-34)10-6-25(23,5-7-27)33-14-18(24(28)37)19(31-33)12-21(35)17-2-3-17/h1,4,8-9,11,14,17,23,36H,2-3,5-6,10,12-13,15H2,(H2,28,37). The van der Waals surface area contributed by atoms with Crippen molar-refractivity contribution in [1.82, 2.24) is 29.7 Å². The van der Waals surface area contributed by atoms with Gasteiger partial charge in [-0.2, -0.15) is 20.6 Å². The van der Waals surface area contributed by atoms with E-state index in [1.165, 1.54) is 28.1 Å². The molecule has 11 nitrogen and oxygen atoms in total. The average molecular weight is 507 g/mol. The van der Waals surface area contributed by atoms with Crippen LogP contribution in [-0.4, -0.2) is 65.7 Å². The zero-order valence-corrected chi connectivity index (χ0v) is 20.1. The number of halogens is 1. The molecule has 2 aromatic heterocycles. The fourth-order valence-corrected chi connectivity index (χ4v) is 4.94. The van der Waals surface area contributed by atoms with Crippen molar-refractivity contribution < 1.29 is 19.1 Å². The van der Waals surface area contributed by atoms with Crippen LogP contribution >= 0.6 is 0 Å². The Kier molecular flexibility index (Phi) is 6.47. The van der Waals surface area contributed by atoms with Crippen LogP contribution in [0.4, 0.5) is 4.39 Å². The highest BCUT2D eigenvalue weighted by atomic mass is 19.1. The van der Waals surface area contributed by atoms with Crippen molar-refractivity contribution in [3.63, 3.8) is 0 Å². The lowest BCUT2D eigenvalue weighted by Crippen LogP contribution is -2.54. The van der Waals surface area contributed by atoms with E-state index in [0.29, 0.717) is 18.8 Å². The molecule has 5 rings (SSSR count). The summed E-state index contributed by atoms with van der Waals surface area (Å²) >= 11 is 0. The van der Waals surface area contributed by atoms with Crippen LogP contribution in [-0.2, 0) is 23.3 Å². The zero-order chi connectivity index (χ0) is 26.2. The highest BCUT2D eigenvalue weighted by molar-refractivity contribution is 5.95. The Balaban J connectivity index is 1.34. The highest BCUT2D eigenvalue weighted by Gasteiger charge is 2.47. The van der Waals surface area contributed by atoms with Gasteiger partial charge in [0.15, 0.2) is 0 Å². The Labute approximate surface area is 212 Å². The minimum Gasteiger partial charge on any atom is -0.506 e. The van der Waals surface area contributed by atoms with Crippen LogP contribution in [0.5, 0.6) is 5.75 Å². The van der Waals surface area contributed by atoms with Gasteiger partial charge in [0, 0.05) is 31.7 Å². The van der Waals surface area contributed by atoms with Crippen LogP contribution in [0, 0.1) is 17.2 Å². The van der Waals surface area contributed by atoms with E-state index >= 15 is 4.39 Å². The third-order valence-electron chi connectivity index (χ3n) is 7.21. The largest absolute Gasteiger partial charge is 0.506 e. The van der Waals surface area contributed by atoms with Crippen LogP contribution in [0.2, 0.25) is 0 Å². The van der Waals surface area contributed by atoms with Crippen LogP contribution in [0.1, 0.15) is 47.3 Å². The molecule has 0 bridgehead atoms. The van der Waals surface area contributed by atoms with Crippen LogP contribution in [0.25, 0.3) is 5.69 Å². The number of nitriles is 1. The van der Waals surface area contributed by atoms with Gasteiger partial charge in [-0.1, -0.05) is 6.07 Å². The number of aromatic hydroxyl groups is 1. The number of alkyl halides is 1. The Morgan fingerprint density at radius 3 is 2.65 bits per heavy atom. The van der Waals surface area contributed by atoms with Crippen molar-refractivity contribution in [1.29, 1.82) is 5.26 Å². The number of likely N-dealkylation sites (tertiary alicyclic amines) is 1. The molecule has 37 heavy (non-hydrogen) atoms. The summed E-state index contributed by atoms with van der Waals surface area (Å²) in [6.07, 6.45) is 4.66. The lowest BCUT2D eigenvalue weighted by Gasteiger charge is -2.43. The summed E-state index contributed by atoms with van der Waals surface area (Å²) in [5.41, 5.74) is 5.79. The molecule has 2 aliphatic rings. The summed E-state index contributed by atoms with van der Waals surface area (Å²) in [4.78, 5) is 27.7. The maximum absolute atomic E-state index is 15.9. The number of primary amides is 1. The number of ketones is 1. The summed E-state index contributed by atoms with van der Waals surface area (Å²) in [7, 11) is 0. The first-order valence-corrected chi connectivity index (χ1v) is 12.1. The van der Waals surface area contributed by atoms with Gasteiger partial charge in [0.1, 0.15) is 28.9 Å². The molecule has 3 heterocycles. The molecule has 0 spiro atoms. The molecule has 192 valence electrons. The summed E-state index contributed by atoms with van der Waals surface area (Å²) in [6.45, 7) is 0.858. The van der Waals surface area contributed by atoms with Gasteiger partial charge in [-0.25, -0.2) is 4.39 Å². The molecule has 0 radical (unpaired) electrons. The quantitative estimate of drug-likeness (QED) is 0.444. The minimum absolute atomic E-state index is 0.00475. The molecule has 2 atom stereocenters. The molecule has 12 heteroatoms. The molecule has 3 N–H and O–H groups in total. The van der Waals surface area contributed by atoms with Crippen molar-refractivity contribution in [2.24, 2.45) is 11.7 Å². The van der Waals surface area contributed by atoms with Crippen molar-refractivity contribution in [3.05, 3.63) is 53.6 Å². The number of carbonyl (C=O) groups is 2. The van der Waals surface area contributed by atoms with Crippen molar-refractivity contribution in [2.45, 2.75) is 50.4 Å². The second kappa shape index (κ2) is 9.74. The molecule has 1 aliphatic carbocycles. The van der Waals surface area contributed by atoms with Gasteiger partial charge in [-0.3, -0.25) is 19.2 Å². The second-order valence-corrected chi connectivity index (χ2v) is 9.75. The van der Waals surface area contributed by atoms with E-state index in [1.807, 2.05) is 11.0 Å². The van der Waals surface area contributed by atoms with Crippen LogP contribution < -0.4 is 5.73 Å². The lowest BCUT2D eigenvalue weighted by molar-refractivity contribution is -0.119. The van der Waals surface area contributed by atoms with Gasteiger partial charge in [0.2, 0.25) is 0 Å². The van der Waals surface area contributed by atoms with E-state index in [1.54, 1.807) is 12.1 Å². The van der Waals surface area contributed by atoms with E-state index in [2.05, 4.69) is 21.4 Å². The number of benzene rings is 1. The Morgan fingerprint density at radius 1 is 1.27 bits per heavy atom. The van der Waals surface area contributed by atoms with Gasteiger partial charge in [-0.15, -0.1) is 4.80 Å². The van der Waals surface area contributed by atoms with Crippen LogP contribution in [0.15, 0.2) is 36.8 Å². The zero-order valence-electron chi connectivity index (χ0n) is 20.1. The first-order chi connectivity index (χ1) is 17.8. The van der Waals surface area contributed by atoms with Crippen LogP contribution in [0.3, 0.4) is 0 Å². The molecule has 1 saturated heterocycles. The number of hydrogen-bond donors (Lipinski definition) is 2. The molecule has 1 aliphatic heterocycles. The Morgan fingerprint density at radius 2 is 2.03 bits per heavy atom. The van der Waals surface area contributed by atoms with E-state index in [4.69, 9.17) is 5.73 Å². The number of piperidine rings is 1. The predicted octanol–water partition coefficient (Wildman–Crippen LogP) is 1.64. The fourth-order valence-electron chi connectivity index (χ4n) is 4.94. The normalized spacial score (nSPS) is 22.0. The Bertz CT molecular complexity index is 1360. The third-order valence-corrected chi connectivity index (χ3v) is 7.21. The molecular weight excluding hydrogens is 479 g/mol. The van der Waals surface area contributed by atoms with E-state index < -0.39 is 17.6 Å². The first kappa shape index (κ1) is 24.6. The average Bonchev–Trinajstić information content (AvgIpc) is 3.40. The number of nitrogens with zero attached hydrogens (tertiary/aromatic N) is 7. The van der Waals surface area contributed by atoms with Gasteiger partial charge in [0.05, 0.1) is 42.6 Å². The summed E-state index contributed by atoms with van der Waals surface area (Å²) < 4.78 is 17.2. The van der Waals surface area contributed by atoms with Gasteiger partial charge in [-0.05, 0) is 37.0 Å². The number of carbonyl (C=O) groups excluding carboxylic acids is 2. The molecule has 1 aromatic carbocycles. The van der Waals surface area contributed by atoms with Gasteiger partial charge in [0.25, 0.3) is 5.91 Å². The predicted molar refractivity (Wildman–Crippen MR) is 128 cm³/mol. The van der Waals surface area contributed by atoms with E-state index in [0.717, 1.165) is 18.4 Å². The number of phenolic OH excluding ortho intramolecular Hbond substituents is 1. The number of nitrogens with two attached hydrogens (primary N) is 1. The maximum Gasteiger partial charge on any atom is 0.252 e. The maximum atomic E-state index is 15.9. The second-order valence-electron chi connectivity index (χ2n) is 9.75. The van der Waals surface area contributed by atoms with E-state index in [9.17, 15) is 20.0 Å². The molecule has 2 fully saturated rings. The molecule has 3 aromatic rings. The highest BCUT2D eigenvalue weighted by Crippen LogP contribution is 2.37. The fraction of sp³-hybridized carbons (Fsp3) is 0.440. The minimum atomic E-state index is -1.48. The van der Waals surface area contributed by atoms with Crippen molar-refractivity contribution in [3.8, 4) is 17.5 Å². The molecule has 2 unspecified atom stereocenters. The third kappa shape index (κ3) is 4.82. The molecule has 1 saturated carbocycles. The topological polar surface area (TPSA) is 156 Å². The van der Waals surface area contributed by atoms with Gasteiger partial charge >= 0.3 is 0 Å². The SMILES string of the molecule is N#CCC1(n2cc(C(N)=O)c(CC(=O)C3CC3)n2)CCN(Cc2ccc(-n3nccn3)c(O)c2)CC1F. The van der Waals surface area contributed by atoms with Crippen molar-refractivity contribution in [2.75, 3.05) is 13.1 Å². The number of rotatable bonds is 9. The molecule has 1 amide bonds. The monoisotopic (exact) mass is 506 g/mol. The smallest absolute Gasteiger partial charge is 0.252 e. The summed E-state index contributed by atoms with van der Waals surface area (Å²) in [5, 5.41) is 32.4. The van der Waals surface area contributed by atoms with Gasteiger partial charge < -0.3 is 10.8 Å².